The van der Waals surface area contributed by atoms with Crippen molar-refractivity contribution in [2.45, 2.75) is 4.08 Å². The first-order chi connectivity index (χ1) is 3.89. The van der Waals surface area contributed by atoms with E-state index in [0.29, 0.717) is 0 Å². The van der Waals surface area contributed by atoms with Gasteiger partial charge >= 0.3 is 0 Å². The summed E-state index contributed by atoms with van der Waals surface area (Å²) < 4.78 is -1.83. The maximum atomic E-state index is 10.2. The molecule has 0 saturated heterocycles. The van der Waals surface area contributed by atoms with E-state index in [1.54, 1.807) is 0 Å². The average Bonchev–Trinajstić information content (AvgIpc) is 1.65. The van der Waals surface area contributed by atoms with Crippen LogP contribution in [0.2, 0.25) is 0 Å². The number of amides is 2. The van der Waals surface area contributed by atoms with Gasteiger partial charge in [0.1, 0.15) is 0 Å². The van der Waals surface area contributed by atoms with Gasteiger partial charge in [0.15, 0.2) is 0 Å². The third-order valence-corrected chi connectivity index (χ3v) is 1.57. The van der Waals surface area contributed by atoms with Gasteiger partial charge in [-0.1, -0.05) is 0 Å². The van der Waals surface area contributed by atoms with Crippen molar-refractivity contribution in [1.29, 1.82) is 0 Å². The Kier molecular flexibility index (Phi) is 2.39. The van der Waals surface area contributed by atoms with Crippen molar-refractivity contribution in [2.24, 2.45) is 11.5 Å². The lowest BCUT2D eigenvalue weighted by Gasteiger charge is -2.11. The quantitative estimate of drug-likeness (QED) is 0.229. The molecule has 0 bridgehead atoms. The molecule has 0 unspecified atom stereocenters. The highest BCUT2D eigenvalue weighted by atomic mass is 32.2. The van der Waals surface area contributed by atoms with Gasteiger partial charge in [-0.05, 0) is 0 Å². The minimum atomic E-state index is -1.83. The molecule has 4 N–H and O–H groups in total. The molecule has 9 heavy (non-hydrogen) atoms. The number of carbonyl (C=O) groups excluding carboxylic acids is 2. The fourth-order valence-corrected chi connectivity index (χ4v) is 0.121. The first-order valence-corrected chi connectivity index (χ1v) is 2.83. The summed E-state index contributed by atoms with van der Waals surface area (Å²) in [4.78, 5) is 20.5. The SMILES string of the molecule is NC(=O)C(S)(S)C(N)=O. The van der Waals surface area contributed by atoms with Crippen molar-refractivity contribution in [3.05, 3.63) is 0 Å². The zero-order chi connectivity index (χ0) is 7.65. The van der Waals surface area contributed by atoms with E-state index in [9.17, 15) is 9.59 Å². The van der Waals surface area contributed by atoms with Gasteiger partial charge in [-0.3, -0.25) is 9.59 Å². The molecule has 0 aromatic rings. The fourth-order valence-electron chi connectivity index (χ4n) is 0.121. The summed E-state index contributed by atoms with van der Waals surface area (Å²) in [6, 6.07) is 0. The highest BCUT2D eigenvalue weighted by Gasteiger charge is 2.34. The summed E-state index contributed by atoms with van der Waals surface area (Å²) in [6.07, 6.45) is 0. The van der Waals surface area contributed by atoms with Gasteiger partial charge in [-0.25, -0.2) is 0 Å². The van der Waals surface area contributed by atoms with Crippen LogP contribution in [0.1, 0.15) is 0 Å². The zero-order valence-electron chi connectivity index (χ0n) is 4.37. The molecule has 0 atom stereocenters. The molecule has 2 amide bonds. The first kappa shape index (κ1) is 8.64. The Balaban J connectivity index is 4.38. The zero-order valence-corrected chi connectivity index (χ0v) is 6.15. The number of hydrogen-bond donors (Lipinski definition) is 4. The van der Waals surface area contributed by atoms with E-state index in [0.717, 1.165) is 0 Å². The molecule has 0 fully saturated rings. The lowest BCUT2D eigenvalue weighted by atomic mass is 10.4. The topological polar surface area (TPSA) is 86.2 Å². The Bertz CT molecular complexity index is 140. The summed E-state index contributed by atoms with van der Waals surface area (Å²) in [5.41, 5.74) is 9.36. The third-order valence-electron chi connectivity index (χ3n) is 0.687. The van der Waals surface area contributed by atoms with E-state index in [4.69, 9.17) is 0 Å². The van der Waals surface area contributed by atoms with Crippen LogP contribution in [-0.4, -0.2) is 15.9 Å². The van der Waals surface area contributed by atoms with Gasteiger partial charge in [-0.2, -0.15) is 0 Å². The molecule has 4 nitrogen and oxygen atoms in total. The van der Waals surface area contributed by atoms with E-state index < -0.39 is 15.9 Å². The lowest BCUT2D eigenvalue weighted by molar-refractivity contribution is -0.126. The van der Waals surface area contributed by atoms with Gasteiger partial charge < -0.3 is 11.5 Å². The number of thiol groups is 2. The summed E-state index contributed by atoms with van der Waals surface area (Å²) in [5.74, 6) is -1.94. The van der Waals surface area contributed by atoms with E-state index >= 15 is 0 Å². The second-order valence-corrected chi connectivity index (χ2v) is 3.10. The summed E-state index contributed by atoms with van der Waals surface area (Å²) >= 11 is 6.98. The molecule has 0 aliphatic carbocycles. The van der Waals surface area contributed by atoms with Gasteiger partial charge in [0, 0.05) is 0 Å². The van der Waals surface area contributed by atoms with Crippen molar-refractivity contribution < 1.29 is 9.59 Å². The smallest absolute Gasteiger partial charge is 0.253 e. The van der Waals surface area contributed by atoms with Crippen LogP contribution < -0.4 is 11.5 Å². The summed E-state index contributed by atoms with van der Waals surface area (Å²) in [6.45, 7) is 0. The number of hydrogen-bond acceptors (Lipinski definition) is 4. The standard InChI is InChI=1S/C3H6N2O2S2/c4-1(6)3(8,9)2(5)7/h8-9H,(H2,4,6)(H2,5,7). The predicted molar refractivity (Wildman–Crippen MR) is 39.1 cm³/mol. The van der Waals surface area contributed by atoms with Crippen LogP contribution in [0.15, 0.2) is 0 Å². The molecular formula is C3H6N2O2S2. The van der Waals surface area contributed by atoms with Crippen molar-refractivity contribution in [2.75, 3.05) is 0 Å². The Hall–Kier alpha value is -0.360. The normalized spacial score (nSPS) is 10.9. The minimum absolute atomic E-state index is 0.971. The molecular weight excluding hydrogens is 160 g/mol. The Labute approximate surface area is 62.8 Å². The van der Waals surface area contributed by atoms with E-state index in [2.05, 4.69) is 36.7 Å². The van der Waals surface area contributed by atoms with Crippen molar-refractivity contribution in [3.63, 3.8) is 0 Å². The molecule has 0 aromatic heterocycles. The van der Waals surface area contributed by atoms with Crippen LogP contribution in [0.25, 0.3) is 0 Å². The highest BCUT2D eigenvalue weighted by molar-refractivity contribution is 8.03. The molecule has 0 aliphatic rings. The van der Waals surface area contributed by atoms with Gasteiger partial charge in [-0.15, -0.1) is 25.3 Å². The summed E-state index contributed by atoms with van der Waals surface area (Å²) in [7, 11) is 0. The van der Waals surface area contributed by atoms with Gasteiger partial charge in [0.05, 0.1) is 0 Å². The molecule has 0 radical (unpaired) electrons. The van der Waals surface area contributed by atoms with E-state index in [1.165, 1.54) is 0 Å². The second kappa shape index (κ2) is 2.49. The van der Waals surface area contributed by atoms with Gasteiger partial charge in [0.2, 0.25) is 4.08 Å². The molecule has 0 aliphatic heterocycles. The molecule has 0 spiro atoms. The maximum absolute atomic E-state index is 10.2. The van der Waals surface area contributed by atoms with Crippen LogP contribution >= 0.6 is 25.3 Å². The van der Waals surface area contributed by atoms with Crippen molar-refractivity contribution in [3.8, 4) is 0 Å². The van der Waals surface area contributed by atoms with Crippen LogP contribution in [0, 0.1) is 0 Å². The highest BCUT2D eigenvalue weighted by Crippen LogP contribution is 2.17. The van der Waals surface area contributed by atoms with E-state index in [-0.39, 0.29) is 0 Å². The van der Waals surface area contributed by atoms with Crippen LogP contribution in [0.5, 0.6) is 0 Å². The molecule has 6 heteroatoms. The number of nitrogens with two attached hydrogens (primary N) is 2. The second-order valence-electron chi connectivity index (χ2n) is 1.40. The first-order valence-electron chi connectivity index (χ1n) is 1.93. The molecule has 0 heterocycles. The van der Waals surface area contributed by atoms with Crippen LogP contribution in [0.3, 0.4) is 0 Å². The fraction of sp³-hybridized carbons (Fsp3) is 0.333. The Morgan fingerprint density at radius 1 is 1.11 bits per heavy atom. The molecule has 0 aromatic carbocycles. The third kappa shape index (κ3) is 1.79. The van der Waals surface area contributed by atoms with Crippen LogP contribution in [0.4, 0.5) is 0 Å². The maximum Gasteiger partial charge on any atom is 0.253 e. The van der Waals surface area contributed by atoms with Crippen LogP contribution in [-0.2, 0) is 9.59 Å². The monoisotopic (exact) mass is 166 g/mol. The molecule has 52 valence electrons. The van der Waals surface area contributed by atoms with E-state index in [1.807, 2.05) is 0 Å². The Morgan fingerprint density at radius 2 is 1.33 bits per heavy atom. The number of carbonyl (C=O) groups is 2. The number of rotatable bonds is 2. The lowest BCUT2D eigenvalue weighted by Crippen LogP contribution is -2.45. The van der Waals surface area contributed by atoms with Gasteiger partial charge in [0.25, 0.3) is 11.8 Å². The molecule has 0 rings (SSSR count). The minimum Gasteiger partial charge on any atom is -0.367 e. The van der Waals surface area contributed by atoms with Crippen molar-refractivity contribution in [1.82, 2.24) is 0 Å². The average molecular weight is 166 g/mol. The summed E-state index contributed by atoms with van der Waals surface area (Å²) in [5, 5.41) is 0. The predicted octanol–water partition coefficient (Wildman–Crippen LogP) is -1.49. The Morgan fingerprint density at radius 3 is 1.33 bits per heavy atom. The number of primary amides is 2. The largest absolute Gasteiger partial charge is 0.367 e. The van der Waals surface area contributed by atoms with Crippen molar-refractivity contribution >= 4 is 37.1 Å². The molecule has 0 saturated carbocycles.